The van der Waals surface area contributed by atoms with E-state index in [1.807, 2.05) is 6.92 Å². The Bertz CT molecular complexity index is 265. The summed E-state index contributed by atoms with van der Waals surface area (Å²) in [7, 11) is 0. The molecule has 0 bridgehead atoms. The van der Waals surface area contributed by atoms with Gasteiger partial charge in [-0.05, 0) is 11.8 Å². The molecule has 0 radical (unpaired) electrons. The van der Waals surface area contributed by atoms with Gasteiger partial charge in [0, 0.05) is 17.6 Å². The molecule has 0 aliphatic heterocycles. The highest BCUT2D eigenvalue weighted by atomic mass is 32.2. The Balaban J connectivity index is 2.86. The second kappa shape index (κ2) is 4.42. The number of rotatable bonds is 3. The van der Waals surface area contributed by atoms with Crippen molar-refractivity contribution >= 4 is 11.8 Å². The normalized spacial score (nSPS) is 10.2. The summed E-state index contributed by atoms with van der Waals surface area (Å²) in [6.45, 7) is 2.17. The number of nitrogens with zero attached hydrogens (tertiary/aromatic N) is 1. The molecule has 2 nitrogen and oxygen atoms in total. The van der Waals surface area contributed by atoms with Gasteiger partial charge in [0.25, 0.3) is 0 Å². The molecule has 66 valence electrons. The molecular weight excluding hydrogens is 175 g/mol. The molecule has 0 atom stereocenters. The molecule has 0 saturated heterocycles. The van der Waals surface area contributed by atoms with Gasteiger partial charge in [0.2, 0.25) is 0 Å². The minimum atomic E-state index is -0.309. The van der Waals surface area contributed by atoms with Gasteiger partial charge in [0.15, 0.2) is 0 Å². The number of nitrogens with two attached hydrogens (primary N) is 1. The van der Waals surface area contributed by atoms with E-state index in [2.05, 4.69) is 4.98 Å². The minimum absolute atomic E-state index is 0.156. The highest BCUT2D eigenvalue weighted by molar-refractivity contribution is 7.99. The number of pyridine rings is 1. The van der Waals surface area contributed by atoms with Crippen LogP contribution >= 0.6 is 11.8 Å². The highest BCUT2D eigenvalue weighted by Crippen LogP contribution is 2.18. The molecule has 4 heteroatoms. The largest absolute Gasteiger partial charge is 0.325 e. The maximum absolute atomic E-state index is 13.0. The van der Waals surface area contributed by atoms with Gasteiger partial charge in [-0.1, -0.05) is 6.92 Å². The quantitative estimate of drug-likeness (QED) is 0.731. The first-order valence-corrected chi connectivity index (χ1v) is 4.73. The number of thioether (sulfide) groups is 1. The molecule has 1 aromatic rings. The lowest BCUT2D eigenvalue weighted by molar-refractivity contribution is 0.595. The van der Waals surface area contributed by atoms with Crippen LogP contribution in [0.25, 0.3) is 0 Å². The van der Waals surface area contributed by atoms with Gasteiger partial charge in [0.1, 0.15) is 5.82 Å². The standard InChI is InChI=1S/C8H11FN2S/c1-2-12-6-3-7(9)8(4-10)11-5-6/h3,5H,2,4,10H2,1H3. The summed E-state index contributed by atoms with van der Waals surface area (Å²) < 4.78 is 13.0. The van der Waals surface area contributed by atoms with Crippen molar-refractivity contribution in [2.24, 2.45) is 5.73 Å². The number of aromatic nitrogens is 1. The van der Waals surface area contributed by atoms with Crippen LogP contribution in [-0.2, 0) is 6.54 Å². The van der Waals surface area contributed by atoms with Crippen molar-refractivity contribution in [2.45, 2.75) is 18.4 Å². The first-order chi connectivity index (χ1) is 5.77. The fraction of sp³-hybridized carbons (Fsp3) is 0.375. The molecule has 0 fully saturated rings. The Hall–Kier alpha value is -0.610. The lowest BCUT2D eigenvalue weighted by atomic mass is 10.3. The summed E-state index contributed by atoms with van der Waals surface area (Å²) in [6, 6.07) is 1.48. The predicted octanol–water partition coefficient (Wildman–Crippen LogP) is 1.79. The van der Waals surface area contributed by atoms with Gasteiger partial charge in [-0.3, -0.25) is 4.98 Å². The van der Waals surface area contributed by atoms with E-state index in [4.69, 9.17) is 5.73 Å². The average Bonchev–Trinajstić information content (AvgIpc) is 2.05. The van der Waals surface area contributed by atoms with Crippen LogP contribution < -0.4 is 5.73 Å². The van der Waals surface area contributed by atoms with Gasteiger partial charge in [0.05, 0.1) is 5.69 Å². The Morgan fingerprint density at radius 1 is 1.67 bits per heavy atom. The lowest BCUT2D eigenvalue weighted by Crippen LogP contribution is -2.02. The minimum Gasteiger partial charge on any atom is -0.325 e. The predicted molar refractivity (Wildman–Crippen MR) is 48.5 cm³/mol. The molecule has 1 rings (SSSR count). The molecule has 0 aliphatic rings. The van der Waals surface area contributed by atoms with Crippen molar-refractivity contribution in [3.8, 4) is 0 Å². The smallest absolute Gasteiger partial charge is 0.147 e. The average molecular weight is 186 g/mol. The van der Waals surface area contributed by atoms with E-state index < -0.39 is 0 Å². The van der Waals surface area contributed by atoms with Crippen LogP contribution in [0.15, 0.2) is 17.2 Å². The second-order valence-corrected chi connectivity index (χ2v) is 3.57. The van der Waals surface area contributed by atoms with Crippen molar-refractivity contribution < 1.29 is 4.39 Å². The molecule has 0 saturated carbocycles. The molecule has 0 amide bonds. The fourth-order valence-corrected chi connectivity index (χ4v) is 1.49. The van der Waals surface area contributed by atoms with Crippen LogP contribution in [0, 0.1) is 5.82 Å². The molecule has 1 heterocycles. The van der Waals surface area contributed by atoms with Crippen molar-refractivity contribution in [1.29, 1.82) is 0 Å². The van der Waals surface area contributed by atoms with Gasteiger partial charge >= 0.3 is 0 Å². The zero-order chi connectivity index (χ0) is 8.97. The Morgan fingerprint density at radius 2 is 2.42 bits per heavy atom. The molecular formula is C8H11FN2S. The molecule has 0 aliphatic carbocycles. The maximum atomic E-state index is 13.0. The monoisotopic (exact) mass is 186 g/mol. The first-order valence-electron chi connectivity index (χ1n) is 3.75. The van der Waals surface area contributed by atoms with E-state index in [0.29, 0.717) is 5.69 Å². The lowest BCUT2D eigenvalue weighted by Gasteiger charge is -2.01. The van der Waals surface area contributed by atoms with Gasteiger partial charge < -0.3 is 5.73 Å². The van der Waals surface area contributed by atoms with E-state index in [-0.39, 0.29) is 12.4 Å². The molecule has 0 aromatic carbocycles. The summed E-state index contributed by atoms with van der Waals surface area (Å²) in [4.78, 5) is 4.75. The molecule has 1 aromatic heterocycles. The third kappa shape index (κ3) is 2.19. The van der Waals surface area contributed by atoms with Crippen LogP contribution in [0.4, 0.5) is 4.39 Å². The van der Waals surface area contributed by atoms with Crippen LogP contribution in [-0.4, -0.2) is 10.7 Å². The van der Waals surface area contributed by atoms with Crippen molar-refractivity contribution in [2.75, 3.05) is 5.75 Å². The molecule has 0 unspecified atom stereocenters. The Morgan fingerprint density at radius 3 is 2.92 bits per heavy atom. The zero-order valence-electron chi connectivity index (χ0n) is 6.88. The van der Waals surface area contributed by atoms with Gasteiger partial charge in [-0.15, -0.1) is 11.8 Å². The SMILES string of the molecule is CCSc1cnc(CN)c(F)c1. The van der Waals surface area contributed by atoms with Crippen LogP contribution in [0.1, 0.15) is 12.6 Å². The van der Waals surface area contributed by atoms with Crippen LogP contribution in [0.5, 0.6) is 0 Å². The van der Waals surface area contributed by atoms with E-state index in [9.17, 15) is 4.39 Å². The maximum Gasteiger partial charge on any atom is 0.147 e. The Labute approximate surface area is 75.4 Å². The van der Waals surface area contributed by atoms with Gasteiger partial charge in [-0.25, -0.2) is 4.39 Å². The van der Waals surface area contributed by atoms with E-state index in [1.165, 1.54) is 6.07 Å². The summed E-state index contributed by atoms with van der Waals surface area (Å²) in [6.07, 6.45) is 1.65. The number of hydrogen-bond donors (Lipinski definition) is 1. The van der Waals surface area contributed by atoms with E-state index >= 15 is 0 Å². The first kappa shape index (κ1) is 9.48. The summed E-state index contributed by atoms with van der Waals surface area (Å²) in [5.74, 6) is 0.610. The zero-order valence-corrected chi connectivity index (χ0v) is 7.70. The van der Waals surface area contributed by atoms with Crippen molar-refractivity contribution in [3.63, 3.8) is 0 Å². The van der Waals surface area contributed by atoms with Crippen LogP contribution in [0.3, 0.4) is 0 Å². The third-order valence-electron chi connectivity index (χ3n) is 1.40. The molecule has 0 spiro atoms. The summed E-state index contributed by atoms with van der Waals surface area (Å²) in [5, 5.41) is 0. The third-order valence-corrected chi connectivity index (χ3v) is 2.24. The molecule has 12 heavy (non-hydrogen) atoms. The van der Waals surface area contributed by atoms with Crippen LogP contribution in [0.2, 0.25) is 0 Å². The van der Waals surface area contributed by atoms with E-state index in [1.54, 1.807) is 18.0 Å². The number of hydrogen-bond acceptors (Lipinski definition) is 3. The number of halogens is 1. The topological polar surface area (TPSA) is 38.9 Å². The highest BCUT2D eigenvalue weighted by Gasteiger charge is 2.02. The Kier molecular flexibility index (Phi) is 3.49. The summed E-state index contributed by atoms with van der Waals surface area (Å²) >= 11 is 1.57. The van der Waals surface area contributed by atoms with Crippen molar-refractivity contribution in [1.82, 2.24) is 4.98 Å². The van der Waals surface area contributed by atoms with Gasteiger partial charge in [-0.2, -0.15) is 0 Å². The summed E-state index contributed by atoms with van der Waals surface area (Å²) in [5.41, 5.74) is 5.59. The molecule has 2 N–H and O–H groups in total. The van der Waals surface area contributed by atoms with Crippen molar-refractivity contribution in [3.05, 3.63) is 23.8 Å². The fourth-order valence-electron chi connectivity index (χ4n) is 0.844. The second-order valence-electron chi connectivity index (χ2n) is 2.24. The van der Waals surface area contributed by atoms with E-state index in [0.717, 1.165) is 10.6 Å².